The zero-order valence-corrected chi connectivity index (χ0v) is 10.4. The van der Waals surface area contributed by atoms with Crippen molar-refractivity contribution in [2.24, 2.45) is 0 Å². The summed E-state index contributed by atoms with van der Waals surface area (Å²) in [4.78, 5) is 0. The number of benzene rings is 1. The highest BCUT2D eigenvalue weighted by Gasteiger charge is 2.13. The van der Waals surface area contributed by atoms with Crippen molar-refractivity contribution in [1.29, 1.82) is 0 Å². The van der Waals surface area contributed by atoms with Gasteiger partial charge in [-0.3, -0.25) is 0 Å². The predicted molar refractivity (Wildman–Crippen MR) is 66.6 cm³/mol. The van der Waals surface area contributed by atoms with Gasteiger partial charge in [-0.1, -0.05) is 12.1 Å². The molecule has 0 fully saturated rings. The van der Waals surface area contributed by atoms with Crippen LogP contribution in [-0.2, 0) is 6.42 Å². The summed E-state index contributed by atoms with van der Waals surface area (Å²) in [7, 11) is 0. The van der Waals surface area contributed by atoms with Crippen molar-refractivity contribution in [2.75, 3.05) is 0 Å². The Balaban J connectivity index is 2.21. The SMILES string of the molecule is Cc1cc(C(O)Cc2cccc(F)c2)c(C)nn1. The third-order valence-corrected chi connectivity index (χ3v) is 2.82. The maximum Gasteiger partial charge on any atom is 0.123 e. The zero-order valence-electron chi connectivity index (χ0n) is 10.4. The average molecular weight is 246 g/mol. The minimum atomic E-state index is -0.694. The second-order valence-electron chi connectivity index (χ2n) is 4.38. The Morgan fingerprint density at radius 3 is 2.72 bits per heavy atom. The van der Waals surface area contributed by atoms with Crippen molar-refractivity contribution in [3.05, 3.63) is 58.7 Å². The number of aromatic nitrogens is 2. The molecule has 0 aliphatic rings. The van der Waals surface area contributed by atoms with Crippen molar-refractivity contribution >= 4 is 0 Å². The Bertz CT molecular complexity index is 557. The molecule has 0 radical (unpaired) electrons. The Kier molecular flexibility index (Phi) is 3.67. The normalized spacial score (nSPS) is 12.4. The fourth-order valence-electron chi connectivity index (χ4n) is 1.90. The molecule has 94 valence electrons. The first-order valence-corrected chi connectivity index (χ1v) is 5.79. The van der Waals surface area contributed by atoms with E-state index < -0.39 is 6.10 Å². The molecule has 1 N–H and O–H groups in total. The fraction of sp³-hybridized carbons (Fsp3) is 0.286. The highest BCUT2D eigenvalue weighted by molar-refractivity contribution is 5.25. The predicted octanol–water partition coefficient (Wildman–Crippen LogP) is 2.51. The molecule has 2 rings (SSSR count). The summed E-state index contributed by atoms with van der Waals surface area (Å²) < 4.78 is 13.1. The number of hydrogen-bond donors (Lipinski definition) is 1. The van der Waals surface area contributed by atoms with Crippen LogP contribution in [0.25, 0.3) is 0 Å². The lowest BCUT2D eigenvalue weighted by atomic mass is 10.0. The number of nitrogens with zero attached hydrogens (tertiary/aromatic N) is 2. The van der Waals surface area contributed by atoms with Gasteiger partial charge in [0.25, 0.3) is 0 Å². The first-order valence-electron chi connectivity index (χ1n) is 5.79. The number of aliphatic hydroxyl groups is 1. The van der Waals surface area contributed by atoms with Crippen LogP contribution in [0.3, 0.4) is 0 Å². The third kappa shape index (κ3) is 2.90. The van der Waals surface area contributed by atoms with Gasteiger partial charge in [0.2, 0.25) is 0 Å². The summed E-state index contributed by atoms with van der Waals surface area (Å²) in [6.45, 7) is 3.63. The first kappa shape index (κ1) is 12.6. The molecule has 1 heterocycles. The van der Waals surface area contributed by atoms with Gasteiger partial charge in [0.1, 0.15) is 5.82 Å². The van der Waals surface area contributed by atoms with E-state index in [9.17, 15) is 9.50 Å². The smallest absolute Gasteiger partial charge is 0.123 e. The highest BCUT2D eigenvalue weighted by Crippen LogP contribution is 2.21. The summed E-state index contributed by atoms with van der Waals surface area (Å²) >= 11 is 0. The van der Waals surface area contributed by atoms with Gasteiger partial charge in [0.05, 0.1) is 17.5 Å². The quantitative estimate of drug-likeness (QED) is 0.905. The van der Waals surface area contributed by atoms with Gasteiger partial charge in [-0.25, -0.2) is 4.39 Å². The topological polar surface area (TPSA) is 46.0 Å². The van der Waals surface area contributed by atoms with E-state index in [2.05, 4.69) is 10.2 Å². The Morgan fingerprint density at radius 1 is 1.22 bits per heavy atom. The van der Waals surface area contributed by atoms with Gasteiger partial charge in [0.15, 0.2) is 0 Å². The lowest BCUT2D eigenvalue weighted by Crippen LogP contribution is -2.07. The molecule has 3 nitrogen and oxygen atoms in total. The molecule has 0 saturated carbocycles. The number of hydrogen-bond acceptors (Lipinski definition) is 3. The molecule has 0 spiro atoms. The standard InChI is InChI=1S/C14H15FN2O/c1-9-6-13(10(2)17-16-9)14(18)8-11-4-3-5-12(15)7-11/h3-7,14,18H,8H2,1-2H3. The maximum atomic E-state index is 13.1. The molecule has 1 atom stereocenters. The van der Waals surface area contributed by atoms with Crippen LogP contribution in [0.2, 0.25) is 0 Å². The van der Waals surface area contributed by atoms with Crippen LogP contribution < -0.4 is 0 Å². The van der Waals surface area contributed by atoms with Gasteiger partial charge < -0.3 is 5.11 Å². The summed E-state index contributed by atoms with van der Waals surface area (Å²) in [5.41, 5.74) is 2.96. The lowest BCUT2D eigenvalue weighted by Gasteiger charge is -2.13. The monoisotopic (exact) mass is 246 g/mol. The first-order chi connectivity index (χ1) is 8.56. The van der Waals surface area contributed by atoms with E-state index >= 15 is 0 Å². The van der Waals surface area contributed by atoms with E-state index in [-0.39, 0.29) is 5.82 Å². The van der Waals surface area contributed by atoms with Crippen LogP contribution >= 0.6 is 0 Å². The van der Waals surface area contributed by atoms with Gasteiger partial charge in [-0.05, 0) is 37.6 Å². The van der Waals surface area contributed by atoms with Crippen molar-refractivity contribution in [1.82, 2.24) is 10.2 Å². The van der Waals surface area contributed by atoms with E-state index in [4.69, 9.17) is 0 Å². The molecular formula is C14H15FN2O. The van der Waals surface area contributed by atoms with E-state index in [1.54, 1.807) is 19.1 Å². The van der Waals surface area contributed by atoms with E-state index in [0.29, 0.717) is 12.1 Å². The summed E-state index contributed by atoms with van der Waals surface area (Å²) in [6, 6.07) is 8.06. The molecule has 4 heteroatoms. The number of rotatable bonds is 3. The third-order valence-electron chi connectivity index (χ3n) is 2.82. The lowest BCUT2D eigenvalue weighted by molar-refractivity contribution is 0.177. The van der Waals surface area contributed by atoms with Gasteiger partial charge in [-0.2, -0.15) is 10.2 Å². The van der Waals surface area contributed by atoms with E-state index in [1.807, 2.05) is 13.0 Å². The van der Waals surface area contributed by atoms with E-state index in [0.717, 1.165) is 16.8 Å². The van der Waals surface area contributed by atoms with Gasteiger partial charge in [-0.15, -0.1) is 0 Å². The van der Waals surface area contributed by atoms with Crippen molar-refractivity contribution in [3.8, 4) is 0 Å². The van der Waals surface area contributed by atoms with Gasteiger partial charge >= 0.3 is 0 Å². The van der Waals surface area contributed by atoms with Crippen LogP contribution in [-0.4, -0.2) is 15.3 Å². The Morgan fingerprint density at radius 2 is 2.00 bits per heavy atom. The number of aryl methyl sites for hydroxylation is 2. The summed E-state index contributed by atoms with van der Waals surface area (Å²) in [5.74, 6) is -0.291. The molecule has 2 aromatic rings. The van der Waals surface area contributed by atoms with Crippen LogP contribution in [0.4, 0.5) is 4.39 Å². The molecule has 1 aromatic heterocycles. The molecule has 0 aliphatic carbocycles. The molecule has 18 heavy (non-hydrogen) atoms. The van der Waals surface area contributed by atoms with Crippen LogP contribution in [0.1, 0.15) is 28.6 Å². The molecule has 1 aromatic carbocycles. The molecular weight excluding hydrogens is 231 g/mol. The zero-order chi connectivity index (χ0) is 13.1. The largest absolute Gasteiger partial charge is 0.388 e. The molecule has 0 aliphatic heterocycles. The van der Waals surface area contributed by atoms with Crippen LogP contribution in [0.5, 0.6) is 0 Å². The van der Waals surface area contributed by atoms with E-state index in [1.165, 1.54) is 12.1 Å². The molecule has 0 amide bonds. The highest BCUT2D eigenvalue weighted by atomic mass is 19.1. The van der Waals surface area contributed by atoms with Crippen LogP contribution in [0.15, 0.2) is 30.3 Å². The second-order valence-corrected chi connectivity index (χ2v) is 4.38. The number of aliphatic hydroxyl groups excluding tert-OH is 1. The van der Waals surface area contributed by atoms with Crippen molar-refractivity contribution in [2.45, 2.75) is 26.4 Å². The summed E-state index contributed by atoms with van der Waals surface area (Å²) in [6.07, 6.45) is -0.329. The van der Waals surface area contributed by atoms with Crippen molar-refractivity contribution in [3.63, 3.8) is 0 Å². The Hall–Kier alpha value is -1.81. The minimum absolute atomic E-state index is 0.291. The van der Waals surface area contributed by atoms with Crippen LogP contribution in [0, 0.1) is 19.7 Å². The number of halogens is 1. The second kappa shape index (κ2) is 5.23. The average Bonchev–Trinajstić information content (AvgIpc) is 2.32. The molecule has 1 unspecified atom stereocenters. The van der Waals surface area contributed by atoms with Crippen molar-refractivity contribution < 1.29 is 9.50 Å². The minimum Gasteiger partial charge on any atom is -0.388 e. The fourth-order valence-corrected chi connectivity index (χ4v) is 1.90. The molecule has 0 saturated heterocycles. The molecule has 0 bridgehead atoms. The summed E-state index contributed by atoms with van der Waals surface area (Å²) in [5, 5.41) is 18.1. The maximum absolute atomic E-state index is 13.1. The van der Waals surface area contributed by atoms with Gasteiger partial charge in [0, 0.05) is 12.0 Å². The Labute approximate surface area is 105 Å².